The Morgan fingerprint density at radius 1 is 1.38 bits per heavy atom. The van der Waals surface area contributed by atoms with Crippen LogP contribution in [0.15, 0.2) is 28.7 Å². The van der Waals surface area contributed by atoms with Gasteiger partial charge >= 0.3 is 0 Å². The summed E-state index contributed by atoms with van der Waals surface area (Å²) in [6.07, 6.45) is 0.357. The van der Waals surface area contributed by atoms with Crippen LogP contribution in [-0.2, 0) is 4.79 Å². The molecule has 1 rings (SSSR count). The zero-order valence-corrected chi connectivity index (χ0v) is 8.67. The summed E-state index contributed by atoms with van der Waals surface area (Å²) >= 11 is 3.33. The molecule has 0 aliphatic carbocycles. The molecule has 13 heavy (non-hydrogen) atoms. The van der Waals surface area contributed by atoms with E-state index in [1.807, 2.05) is 24.3 Å². The number of hydrogen-bond acceptors (Lipinski definition) is 2. The van der Waals surface area contributed by atoms with Crippen molar-refractivity contribution in [2.45, 2.75) is 6.42 Å². The summed E-state index contributed by atoms with van der Waals surface area (Å²) in [6, 6.07) is 7.75. The molecule has 0 spiro atoms. The van der Waals surface area contributed by atoms with Crippen LogP contribution in [0.3, 0.4) is 0 Å². The smallest absolute Gasteiger partial charge is 0.219 e. The van der Waals surface area contributed by atoms with Gasteiger partial charge in [0.05, 0.1) is 0 Å². The Morgan fingerprint density at radius 2 is 2.00 bits per heavy atom. The van der Waals surface area contributed by atoms with Gasteiger partial charge in [-0.3, -0.25) is 4.79 Å². The molecule has 0 bridgehead atoms. The molecule has 1 aromatic carbocycles. The predicted octanol–water partition coefficient (Wildman–Crippen LogP) is 1.74. The molecule has 0 aliphatic rings. The van der Waals surface area contributed by atoms with E-state index in [2.05, 4.69) is 21.2 Å². The highest BCUT2D eigenvalue weighted by Crippen LogP contribution is 2.13. The minimum atomic E-state index is -0.287. The molecule has 3 N–H and O–H groups in total. The van der Waals surface area contributed by atoms with E-state index in [-0.39, 0.29) is 5.91 Å². The molecule has 1 aromatic rings. The number of hydrogen-bond donors (Lipinski definition) is 2. The molecule has 0 aliphatic heterocycles. The summed E-state index contributed by atoms with van der Waals surface area (Å²) < 4.78 is 1.04. The van der Waals surface area contributed by atoms with Gasteiger partial charge in [0.2, 0.25) is 5.91 Å². The van der Waals surface area contributed by atoms with Gasteiger partial charge in [-0.2, -0.15) is 0 Å². The number of amides is 1. The van der Waals surface area contributed by atoms with Crippen LogP contribution in [0.1, 0.15) is 6.42 Å². The molecular formula is C9H11BrN2O. The Balaban J connectivity index is 2.37. The average molecular weight is 243 g/mol. The highest BCUT2D eigenvalue weighted by Gasteiger charge is 1.94. The fraction of sp³-hybridized carbons (Fsp3) is 0.222. The normalized spacial score (nSPS) is 9.62. The fourth-order valence-corrected chi connectivity index (χ4v) is 1.16. The maximum atomic E-state index is 10.4. The Kier molecular flexibility index (Phi) is 3.76. The quantitative estimate of drug-likeness (QED) is 0.846. The van der Waals surface area contributed by atoms with Crippen LogP contribution in [0.25, 0.3) is 0 Å². The summed E-state index contributed by atoms with van der Waals surface area (Å²) in [5, 5.41) is 3.08. The van der Waals surface area contributed by atoms with Crippen molar-refractivity contribution >= 4 is 27.5 Å². The van der Waals surface area contributed by atoms with Gasteiger partial charge in [0.25, 0.3) is 0 Å². The van der Waals surface area contributed by atoms with E-state index in [1.54, 1.807) is 0 Å². The Hall–Kier alpha value is -1.03. The van der Waals surface area contributed by atoms with Gasteiger partial charge in [-0.25, -0.2) is 0 Å². The maximum absolute atomic E-state index is 10.4. The van der Waals surface area contributed by atoms with Crippen LogP contribution in [0, 0.1) is 0 Å². The van der Waals surface area contributed by atoms with Crippen molar-refractivity contribution < 1.29 is 4.79 Å². The van der Waals surface area contributed by atoms with Crippen molar-refractivity contribution in [2.24, 2.45) is 5.73 Å². The third-order valence-corrected chi connectivity index (χ3v) is 2.07. The third kappa shape index (κ3) is 3.94. The molecule has 0 fully saturated rings. The topological polar surface area (TPSA) is 55.1 Å². The standard InChI is InChI=1S/C9H11BrN2O/c10-7-1-3-8(4-2-7)12-6-5-9(11)13/h1-4,12H,5-6H2,(H2,11,13). The van der Waals surface area contributed by atoms with Gasteiger partial charge in [-0.15, -0.1) is 0 Å². The first-order valence-electron chi connectivity index (χ1n) is 3.96. The first-order chi connectivity index (χ1) is 6.18. The SMILES string of the molecule is NC(=O)CCNc1ccc(Br)cc1. The highest BCUT2D eigenvalue weighted by atomic mass is 79.9. The van der Waals surface area contributed by atoms with Gasteiger partial charge in [0, 0.05) is 23.1 Å². The number of halogens is 1. The lowest BCUT2D eigenvalue weighted by molar-refractivity contribution is -0.117. The van der Waals surface area contributed by atoms with Crippen molar-refractivity contribution in [3.8, 4) is 0 Å². The summed E-state index contributed by atoms with van der Waals surface area (Å²) in [4.78, 5) is 10.4. The Bertz CT molecular complexity index is 284. The molecule has 0 aromatic heterocycles. The van der Waals surface area contributed by atoms with Gasteiger partial charge in [0.1, 0.15) is 0 Å². The Morgan fingerprint density at radius 3 is 2.54 bits per heavy atom. The summed E-state index contributed by atoms with van der Waals surface area (Å²) in [7, 11) is 0. The first-order valence-corrected chi connectivity index (χ1v) is 4.75. The second kappa shape index (κ2) is 4.87. The lowest BCUT2D eigenvalue weighted by Crippen LogP contribution is -2.15. The minimum absolute atomic E-state index is 0.287. The number of nitrogens with one attached hydrogen (secondary N) is 1. The number of benzene rings is 1. The number of carbonyl (C=O) groups excluding carboxylic acids is 1. The van der Waals surface area contributed by atoms with Crippen LogP contribution < -0.4 is 11.1 Å². The zero-order chi connectivity index (χ0) is 9.68. The zero-order valence-electron chi connectivity index (χ0n) is 7.09. The van der Waals surface area contributed by atoms with E-state index >= 15 is 0 Å². The van der Waals surface area contributed by atoms with Gasteiger partial charge in [-0.05, 0) is 24.3 Å². The molecule has 0 unspecified atom stereocenters. The van der Waals surface area contributed by atoms with E-state index in [1.165, 1.54) is 0 Å². The first kappa shape index (κ1) is 10.1. The number of anilines is 1. The summed E-state index contributed by atoms with van der Waals surface area (Å²) in [5.41, 5.74) is 5.98. The van der Waals surface area contributed by atoms with Crippen LogP contribution >= 0.6 is 15.9 Å². The number of primary amides is 1. The lowest BCUT2D eigenvalue weighted by atomic mass is 10.3. The third-order valence-electron chi connectivity index (χ3n) is 1.54. The molecule has 4 heteroatoms. The van der Waals surface area contributed by atoms with Crippen molar-refractivity contribution in [1.82, 2.24) is 0 Å². The molecular weight excluding hydrogens is 232 g/mol. The summed E-state index contributed by atoms with van der Waals surface area (Å²) in [6.45, 7) is 0.580. The lowest BCUT2D eigenvalue weighted by Gasteiger charge is -2.03. The molecule has 0 saturated carbocycles. The van der Waals surface area contributed by atoms with E-state index in [0.717, 1.165) is 10.2 Å². The van der Waals surface area contributed by atoms with Gasteiger partial charge < -0.3 is 11.1 Å². The molecule has 1 amide bonds. The monoisotopic (exact) mass is 242 g/mol. The van der Waals surface area contributed by atoms with Crippen LogP contribution in [-0.4, -0.2) is 12.5 Å². The van der Waals surface area contributed by atoms with Gasteiger partial charge in [0.15, 0.2) is 0 Å². The van der Waals surface area contributed by atoms with Gasteiger partial charge in [-0.1, -0.05) is 15.9 Å². The van der Waals surface area contributed by atoms with Crippen LogP contribution in [0.2, 0.25) is 0 Å². The van der Waals surface area contributed by atoms with Crippen molar-refractivity contribution in [3.63, 3.8) is 0 Å². The van der Waals surface area contributed by atoms with Crippen molar-refractivity contribution in [3.05, 3.63) is 28.7 Å². The second-order valence-corrected chi connectivity index (χ2v) is 3.57. The molecule has 0 radical (unpaired) electrons. The molecule has 0 heterocycles. The summed E-state index contributed by atoms with van der Waals surface area (Å²) in [5.74, 6) is -0.287. The van der Waals surface area contributed by atoms with E-state index in [9.17, 15) is 4.79 Å². The average Bonchev–Trinajstić information content (AvgIpc) is 2.08. The van der Waals surface area contributed by atoms with E-state index < -0.39 is 0 Å². The predicted molar refractivity (Wildman–Crippen MR) is 56.4 cm³/mol. The molecule has 70 valence electrons. The fourth-order valence-electron chi connectivity index (χ4n) is 0.898. The molecule has 0 atom stereocenters. The number of nitrogens with two attached hydrogens (primary N) is 1. The molecule has 3 nitrogen and oxygen atoms in total. The van der Waals surface area contributed by atoms with Crippen molar-refractivity contribution in [1.29, 1.82) is 0 Å². The molecule has 0 saturated heterocycles. The van der Waals surface area contributed by atoms with E-state index in [0.29, 0.717) is 13.0 Å². The number of rotatable bonds is 4. The van der Waals surface area contributed by atoms with Crippen LogP contribution in [0.5, 0.6) is 0 Å². The van der Waals surface area contributed by atoms with Crippen LogP contribution in [0.4, 0.5) is 5.69 Å². The number of carbonyl (C=O) groups is 1. The largest absolute Gasteiger partial charge is 0.385 e. The Labute approximate surface area is 85.4 Å². The highest BCUT2D eigenvalue weighted by molar-refractivity contribution is 9.10. The minimum Gasteiger partial charge on any atom is -0.385 e. The second-order valence-electron chi connectivity index (χ2n) is 2.65. The van der Waals surface area contributed by atoms with E-state index in [4.69, 9.17) is 5.73 Å². The van der Waals surface area contributed by atoms with Crippen molar-refractivity contribution in [2.75, 3.05) is 11.9 Å². The maximum Gasteiger partial charge on any atom is 0.219 e.